The molecule has 0 bridgehead atoms. The van der Waals surface area contributed by atoms with E-state index in [1.54, 1.807) is 29.2 Å². The Morgan fingerprint density at radius 2 is 1.62 bits per heavy atom. The largest absolute Gasteiger partial charge is 0.476 e. The monoisotopic (exact) mass is 613 g/mol. The van der Waals surface area contributed by atoms with Crippen LogP contribution in [0.1, 0.15) is 45.1 Å². The van der Waals surface area contributed by atoms with Gasteiger partial charge in [-0.2, -0.15) is 0 Å². The highest BCUT2D eigenvalue weighted by Crippen LogP contribution is 2.47. The number of benzene rings is 2. The van der Waals surface area contributed by atoms with E-state index in [-0.39, 0.29) is 29.9 Å². The Bertz CT molecular complexity index is 1710. The molecule has 45 heavy (non-hydrogen) atoms. The maximum atomic E-state index is 15.1. The minimum atomic E-state index is -1.19. The number of hydrogen-bond donors (Lipinski definition) is 2. The zero-order valence-corrected chi connectivity index (χ0v) is 25.6. The summed E-state index contributed by atoms with van der Waals surface area (Å²) in [5, 5.41) is 6.03. The van der Waals surface area contributed by atoms with Gasteiger partial charge in [0.05, 0.1) is 17.4 Å². The first-order valence-electron chi connectivity index (χ1n) is 15.0. The molecule has 0 atom stereocenters. The number of ether oxygens (including phenoxy) is 2. The molecule has 0 unspecified atom stereocenters. The van der Waals surface area contributed by atoms with Crippen molar-refractivity contribution in [3.8, 4) is 17.4 Å². The number of aryl methyl sites for hydroxylation is 1. The molecule has 1 aliphatic rings. The van der Waals surface area contributed by atoms with E-state index < -0.39 is 17.1 Å². The number of hydrogen-bond acceptors (Lipinski definition) is 7. The maximum Gasteiger partial charge on any atom is 0.240 e. The number of rotatable bonds is 13. The third-order valence-corrected chi connectivity index (χ3v) is 7.66. The number of nitrogens with zero attached hydrogens (tertiary/aromatic N) is 3. The van der Waals surface area contributed by atoms with Gasteiger partial charge >= 0.3 is 0 Å². The molecule has 11 heteroatoms. The molecule has 0 radical (unpaired) electrons. The molecule has 2 heterocycles. The highest BCUT2D eigenvalue weighted by Gasteiger charge is 2.56. The van der Waals surface area contributed by atoms with Gasteiger partial charge in [-0.1, -0.05) is 31.5 Å². The van der Waals surface area contributed by atoms with E-state index in [0.717, 1.165) is 18.1 Å². The molecule has 1 aliphatic carbocycles. The molecular weight excluding hydrogens is 577 g/mol. The number of fused-ring (bicyclic) bond motifs is 1. The summed E-state index contributed by atoms with van der Waals surface area (Å²) in [5.74, 6) is -0.873. The van der Waals surface area contributed by atoms with Crippen molar-refractivity contribution in [1.82, 2.24) is 14.9 Å². The van der Waals surface area contributed by atoms with Crippen LogP contribution in [0.3, 0.4) is 0 Å². The van der Waals surface area contributed by atoms with E-state index in [4.69, 9.17) is 9.47 Å². The van der Waals surface area contributed by atoms with Gasteiger partial charge in [-0.3, -0.25) is 19.4 Å². The molecule has 2 N–H and O–H groups in total. The van der Waals surface area contributed by atoms with Crippen LogP contribution in [0.4, 0.5) is 15.8 Å². The predicted molar refractivity (Wildman–Crippen MR) is 169 cm³/mol. The van der Waals surface area contributed by atoms with Gasteiger partial charge in [0.2, 0.25) is 23.6 Å². The number of pyridine rings is 2. The normalized spacial score (nSPS) is 13.2. The highest BCUT2D eigenvalue weighted by atomic mass is 19.1. The minimum Gasteiger partial charge on any atom is -0.476 e. The first kappa shape index (κ1) is 31.4. The summed E-state index contributed by atoms with van der Waals surface area (Å²) in [6, 6.07) is 14.7. The Labute approximate surface area is 261 Å². The van der Waals surface area contributed by atoms with Crippen molar-refractivity contribution in [3.63, 3.8) is 0 Å². The van der Waals surface area contributed by atoms with Crippen LogP contribution in [0.15, 0.2) is 67.0 Å². The number of aromatic nitrogens is 2. The lowest BCUT2D eigenvalue weighted by Crippen LogP contribution is -2.35. The molecule has 10 nitrogen and oxygen atoms in total. The molecular formula is C34H36FN5O5. The van der Waals surface area contributed by atoms with E-state index in [9.17, 15) is 14.4 Å². The number of carbonyl (C=O) groups is 3. The second kappa shape index (κ2) is 13.7. The van der Waals surface area contributed by atoms with Gasteiger partial charge in [-0.05, 0) is 56.5 Å². The molecule has 4 aromatic rings. The average molecular weight is 614 g/mol. The van der Waals surface area contributed by atoms with Crippen molar-refractivity contribution in [1.29, 1.82) is 0 Å². The van der Waals surface area contributed by atoms with E-state index in [0.29, 0.717) is 60.6 Å². The molecule has 2 aromatic carbocycles. The summed E-state index contributed by atoms with van der Waals surface area (Å²) in [7, 11) is 0. The second-order valence-electron chi connectivity index (χ2n) is 11.0. The van der Waals surface area contributed by atoms with Crippen LogP contribution in [-0.4, -0.2) is 52.3 Å². The molecule has 5 rings (SSSR count). The Morgan fingerprint density at radius 1 is 0.911 bits per heavy atom. The lowest BCUT2D eigenvalue weighted by atomic mass is 10.0. The summed E-state index contributed by atoms with van der Waals surface area (Å²) in [5.41, 5.74) is 1.22. The fourth-order valence-corrected chi connectivity index (χ4v) is 4.88. The van der Waals surface area contributed by atoms with Crippen molar-refractivity contribution in [2.24, 2.45) is 5.41 Å². The van der Waals surface area contributed by atoms with Crippen molar-refractivity contribution < 1.29 is 28.2 Å². The van der Waals surface area contributed by atoms with Gasteiger partial charge in [0.1, 0.15) is 17.8 Å². The summed E-state index contributed by atoms with van der Waals surface area (Å²) in [6.45, 7) is 7.20. The first-order valence-corrected chi connectivity index (χ1v) is 15.0. The summed E-state index contributed by atoms with van der Waals surface area (Å²) in [6.07, 6.45) is 5.19. The van der Waals surface area contributed by atoms with Crippen LogP contribution < -0.4 is 20.1 Å². The Hall–Kier alpha value is -5.06. The molecule has 0 saturated heterocycles. The molecule has 1 saturated carbocycles. The number of halogens is 1. The lowest BCUT2D eigenvalue weighted by molar-refractivity contribution is -0.132. The maximum absolute atomic E-state index is 15.1. The van der Waals surface area contributed by atoms with Crippen LogP contribution in [0.25, 0.3) is 10.9 Å². The first-order chi connectivity index (χ1) is 21.7. The lowest BCUT2D eigenvalue weighted by Gasteiger charge is -2.21. The van der Waals surface area contributed by atoms with Crippen LogP contribution in [0, 0.1) is 18.2 Å². The van der Waals surface area contributed by atoms with Crippen molar-refractivity contribution in [3.05, 3.63) is 78.4 Å². The van der Waals surface area contributed by atoms with Gasteiger partial charge in [-0.25, -0.2) is 9.37 Å². The molecule has 1 fully saturated rings. The molecule has 3 amide bonds. The third kappa shape index (κ3) is 7.36. The molecule has 2 aromatic heterocycles. The number of amides is 3. The van der Waals surface area contributed by atoms with Gasteiger partial charge in [0.15, 0.2) is 11.6 Å². The summed E-state index contributed by atoms with van der Waals surface area (Å²) < 4.78 is 26.8. The van der Waals surface area contributed by atoms with Crippen LogP contribution in [0.5, 0.6) is 17.4 Å². The Kier molecular flexibility index (Phi) is 9.56. The average Bonchev–Trinajstić information content (AvgIpc) is 3.85. The van der Waals surface area contributed by atoms with Gasteiger partial charge in [0.25, 0.3) is 0 Å². The topological polar surface area (TPSA) is 123 Å². The van der Waals surface area contributed by atoms with Crippen molar-refractivity contribution in [2.75, 3.05) is 30.3 Å². The summed E-state index contributed by atoms with van der Waals surface area (Å²) in [4.78, 5) is 48.5. The molecule has 0 aliphatic heterocycles. The fourth-order valence-electron chi connectivity index (χ4n) is 4.88. The molecule has 234 valence electrons. The van der Waals surface area contributed by atoms with Crippen molar-refractivity contribution >= 4 is 40.0 Å². The summed E-state index contributed by atoms with van der Waals surface area (Å²) >= 11 is 0. The quantitative estimate of drug-likeness (QED) is 0.171. The minimum absolute atomic E-state index is 0.0596. The smallest absolute Gasteiger partial charge is 0.240 e. The Balaban J connectivity index is 1.21. The number of anilines is 2. The molecule has 0 spiro atoms. The standard InChI is InChI=1S/C34H36FN5O5/c1-4-16-40(31(41)5-2)17-18-44-30-20-27-25(21-37-30)28(12-15-36-27)45-29-11-10-24(19-26(29)35)39-33(43)34(13-14-34)32(42)38-23-8-6-22(3)7-9-23/h6-12,15,19-21H,4-5,13-14,16-18H2,1-3H3,(H,38,42)(H,39,43). The Morgan fingerprint density at radius 3 is 2.29 bits per heavy atom. The zero-order chi connectivity index (χ0) is 32.0. The van der Waals surface area contributed by atoms with E-state index >= 15 is 4.39 Å². The van der Waals surface area contributed by atoms with Gasteiger partial charge in [-0.15, -0.1) is 0 Å². The van der Waals surface area contributed by atoms with Gasteiger partial charge < -0.3 is 25.0 Å². The third-order valence-electron chi connectivity index (χ3n) is 7.66. The van der Waals surface area contributed by atoms with E-state index in [2.05, 4.69) is 20.6 Å². The zero-order valence-electron chi connectivity index (χ0n) is 25.6. The number of nitrogens with one attached hydrogen (secondary N) is 2. The van der Waals surface area contributed by atoms with Crippen LogP contribution in [0.2, 0.25) is 0 Å². The van der Waals surface area contributed by atoms with Crippen LogP contribution >= 0.6 is 0 Å². The van der Waals surface area contributed by atoms with E-state index in [1.807, 2.05) is 32.9 Å². The predicted octanol–water partition coefficient (Wildman–Crippen LogP) is 6.25. The highest BCUT2D eigenvalue weighted by molar-refractivity contribution is 6.16. The SMILES string of the molecule is CCCN(CCOc1cc2nccc(Oc3ccc(NC(=O)C4(C(=O)Nc5ccc(C)cc5)CC4)cc3F)c2cn1)C(=O)CC. The fraction of sp³-hybridized carbons (Fsp3) is 0.324. The van der Waals surface area contributed by atoms with Crippen molar-refractivity contribution in [2.45, 2.75) is 46.5 Å². The second-order valence-corrected chi connectivity index (χ2v) is 11.0. The number of carbonyl (C=O) groups excluding carboxylic acids is 3. The van der Waals surface area contributed by atoms with Crippen LogP contribution in [-0.2, 0) is 14.4 Å². The van der Waals surface area contributed by atoms with E-state index in [1.165, 1.54) is 24.5 Å². The van der Waals surface area contributed by atoms with Gasteiger partial charge in [0, 0.05) is 48.9 Å².